The van der Waals surface area contributed by atoms with Crippen LogP contribution in [0.15, 0.2) is 18.3 Å². The van der Waals surface area contributed by atoms with E-state index in [1.807, 2.05) is 37.9 Å². The molecular formula is C17H29N3O2. The van der Waals surface area contributed by atoms with Gasteiger partial charge in [0.05, 0.1) is 0 Å². The molecule has 0 unspecified atom stereocenters. The van der Waals surface area contributed by atoms with Crippen molar-refractivity contribution in [3.05, 3.63) is 24.0 Å². The van der Waals surface area contributed by atoms with Gasteiger partial charge in [-0.15, -0.1) is 0 Å². The SMILES string of the molecule is C[C@H](NCC1CCN(C(=O)OC(C)(C)C)CC1)c1ccc[nH]1. The number of hydrogen-bond donors (Lipinski definition) is 2. The molecule has 5 heteroatoms. The van der Waals surface area contributed by atoms with E-state index in [9.17, 15) is 4.79 Å². The number of amides is 1. The summed E-state index contributed by atoms with van der Waals surface area (Å²) in [5, 5.41) is 3.57. The molecule has 0 saturated carbocycles. The number of piperidine rings is 1. The summed E-state index contributed by atoms with van der Waals surface area (Å²) in [5.41, 5.74) is 0.798. The first-order valence-electron chi connectivity index (χ1n) is 8.20. The summed E-state index contributed by atoms with van der Waals surface area (Å²) in [7, 11) is 0. The average molecular weight is 307 g/mol. The Labute approximate surface area is 133 Å². The van der Waals surface area contributed by atoms with Crippen LogP contribution in [0.3, 0.4) is 0 Å². The monoisotopic (exact) mass is 307 g/mol. The smallest absolute Gasteiger partial charge is 0.410 e. The van der Waals surface area contributed by atoms with Gasteiger partial charge in [-0.05, 0) is 65.1 Å². The van der Waals surface area contributed by atoms with E-state index < -0.39 is 5.60 Å². The zero-order valence-corrected chi connectivity index (χ0v) is 14.2. The number of nitrogens with one attached hydrogen (secondary N) is 2. The van der Waals surface area contributed by atoms with Crippen LogP contribution in [0.4, 0.5) is 4.79 Å². The predicted octanol–water partition coefficient (Wildman–Crippen LogP) is 3.31. The van der Waals surface area contributed by atoms with E-state index in [1.54, 1.807) is 0 Å². The molecular weight excluding hydrogens is 278 g/mol. The van der Waals surface area contributed by atoms with Gasteiger partial charge in [0.15, 0.2) is 0 Å². The van der Waals surface area contributed by atoms with Crippen LogP contribution < -0.4 is 5.32 Å². The van der Waals surface area contributed by atoms with Crippen LogP contribution >= 0.6 is 0 Å². The third-order valence-electron chi connectivity index (χ3n) is 4.07. The Bertz CT molecular complexity index is 457. The van der Waals surface area contributed by atoms with Crippen LogP contribution in [0.1, 0.15) is 52.3 Å². The second-order valence-electron chi connectivity index (χ2n) is 7.17. The number of aromatic amines is 1. The van der Waals surface area contributed by atoms with Crippen molar-refractivity contribution in [3.8, 4) is 0 Å². The van der Waals surface area contributed by atoms with Crippen LogP contribution in [0.5, 0.6) is 0 Å². The van der Waals surface area contributed by atoms with Gasteiger partial charge < -0.3 is 19.9 Å². The molecule has 0 aromatic carbocycles. The van der Waals surface area contributed by atoms with Crippen LogP contribution in [0, 0.1) is 5.92 Å². The number of likely N-dealkylation sites (tertiary alicyclic amines) is 1. The van der Waals surface area contributed by atoms with Crippen LogP contribution in [0.2, 0.25) is 0 Å². The number of carbonyl (C=O) groups is 1. The van der Waals surface area contributed by atoms with Gasteiger partial charge in [-0.3, -0.25) is 0 Å². The van der Waals surface area contributed by atoms with Crippen molar-refractivity contribution in [2.45, 2.75) is 52.2 Å². The van der Waals surface area contributed by atoms with E-state index in [0.717, 1.165) is 32.5 Å². The summed E-state index contributed by atoms with van der Waals surface area (Å²) in [6.45, 7) is 10.5. The topological polar surface area (TPSA) is 57.4 Å². The van der Waals surface area contributed by atoms with E-state index >= 15 is 0 Å². The normalized spacial score (nSPS) is 18.3. The lowest BCUT2D eigenvalue weighted by Gasteiger charge is -2.33. The minimum Gasteiger partial charge on any atom is -0.444 e. The molecule has 22 heavy (non-hydrogen) atoms. The molecule has 0 spiro atoms. The van der Waals surface area contributed by atoms with Crippen molar-refractivity contribution >= 4 is 6.09 Å². The molecule has 1 fully saturated rings. The lowest BCUT2D eigenvalue weighted by Crippen LogP contribution is -2.43. The first-order valence-corrected chi connectivity index (χ1v) is 8.20. The zero-order valence-electron chi connectivity index (χ0n) is 14.2. The van der Waals surface area contributed by atoms with Crippen LogP contribution in [-0.4, -0.2) is 41.2 Å². The molecule has 1 aromatic rings. The number of H-pyrrole nitrogens is 1. The molecule has 2 heterocycles. The Hall–Kier alpha value is -1.49. The van der Waals surface area contributed by atoms with Crippen molar-refractivity contribution in [2.75, 3.05) is 19.6 Å². The molecule has 124 valence electrons. The van der Waals surface area contributed by atoms with E-state index in [2.05, 4.69) is 23.3 Å². The summed E-state index contributed by atoms with van der Waals surface area (Å²) in [4.78, 5) is 17.1. The van der Waals surface area contributed by atoms with Crippen molar-refractivity contribution in [1.82, 2.24) is 15.2 Å². The van der Waals surface area contributed by atoms with Gasteiger partial charge in [-0.25, -0.2) is 4.79 Å². The van der Waals surface area contributed by atoms with Gasteiger partial charge in [-0.1, -0.05) is 0 Å². The Morgan fingerprint density at radius 2 is 2.14 bits per heavy atom. The maximum atomic E-state index is 12.0. The molecule has 1 saturated heterocycles. The molecule has 2 N–H and O–H groups in total. The maximum absolute atomic E-state index is 12.0. The van der Waals surface area contributed by atoms with Crippen LogP contribution in [0.25, 0.3) is 0 Å². The summed E-state index contributed by atoms with van der Waals surface area (Å²) < 4.78 is 5.43. The predicted molar refractivity (Wildman–Crippen MR) is 87.7 cm³/mol. The minimum absolute atomic E-state index is 0.182. The number of aromatic nitrogens is 1. The van der Waals surface area contributed by atoms with Gasteiger partial charge in [0.25, 0.3) is 0 Å². The third kappa shape index (κ3) is 5.05. The molecule has 0 radical (unpaired) electrons. The number of hydrogen-bond acceptors (Lipinski definition) is 3. The quantitative estimate of drug-likeness (QED) is 0.897. The highest BCUT2D eigenvalue weighted by Gasteiger charge is 2.26. The molecule has 2 rings (SSSR count). The highest BCUT2D eigenvalue weighted by molar-refractivity contribution is 5.68. The molecule has 1 aliphatic rings. The molecule has 1 amide bonds. The molecule has 5 nitrogen and oxygen atoms in total. The molecule has 0 aliphatic carbocycles. The fourth-order valence-corrected chi connectivity index (χ4v) is 2.71. The summed E-state index contributed by atoms with van der Waals surface area (Å²) in [5.74, 6) is 0.621. The molecule has 1 aromatic heterocycles. The lowest BCUT2D eigenvalue weighted by atomic mass is 9.96. The summed E-state index contributed by atoms with van der Waals surface area (Å²) in [6.07, 6.45) is 3.83. The molecule has 1 aliphatic heterocycles. The van der Waals surface area contributed by atoms with Crippen molar-refractivity contribution in [1.29, 1.82) is 0 Å². The molecule has 1 atom stereocenters. The minimum atomic E-state index is -0.416. The van der Waals surface area contributed by atoms with Crippen molar-refractivity contribution in [3.63, 3.8) is 0 Å². The van der Waals surface area contributed by atoms with E-state index in [4.69, 9.17) is 4.74 Å². The first kappa shape index (κ1) is 16.9. The standard InChI is InChI=1S/C17H29N3O2/c1-13(15-6-5-9-18-15)19-12-14-7-10-20(11-8-14)16(21)22-17(2,3)4/h5-6,9,13-14,18-19H,7-8,10-12H2,1-4H3/t13-/m0/s1. The average Bonchev–Trinajstić information content (AvgIpc) is 2.97. The third-order valence-corrected chi connectivity index (χ3v) is 4.07. The highest BCUT2D eigenvalue weighted by atomic mass is 16.6. The van der Waals surface area contributed by atoms with Gasteiger partial charge >= 0.3 is 6.09 Å². The Morgan fingerprint density at radius 1 is 1.45 bits per heavy atom. The summed E-state index contributed by atoms with van der Waals surface area (Å²) >= 11 is 0. The fourth-order valence-electron chi connectivity index (χ4n) is 2.71. The number of carbonyl (C=O) groups excluding carboxylic acids is 1. The fraction of sp³-hybridized carbons (Fsp3) is 0.706. The van der Waals surface area contributed by atoms with Crippen molar-refractivity contribution < 1.29 is 9.53 Å². The maximum Gasteiger partial charge on any atom is 0.410 e. The largest absolute Gasteiger partial charge is 0.444 e. The lowest BCUT2D eigenvalue weighted by molar-refractivity contribution is 0.0183. The van der Waals surface area contributed by atoms with E-state index in [1.165, 1.54) is 5.69 Å². The van der Waals surface area contributed by atoms with Gasteiger partial charge in [-0.2, -0.15) is 0 Å². The Kier molecular flexibility index (Phi) is 5.51. The van der Waals surface area contributed by atoms with Crippen LogP contribution in [-0.2, 0) is 4.74 Å². The Balaban J connectivity index is 1.70. The number of rotatable bonds is 4. The summed E-state index contributed by atoms with van der Waals surface area (Å²) in [6, 6.07) is 4.45. The zero-order chi connectivity index (χ0) is 16.2. The highest BCUT2D eigenvalue weighted by Crippen LogP contribution is 2.20. The number of nitrogens with zero attached hydrogens (tertiary/aromatic N) is 1. The second-order valence-corrected chi connectivity index (χ2v) is 7.17. The molecule has 0 bridgehead atoms. The van der Waals surface area contributed by atoms with Gasteiger partial charge in [0, 0.05) is 31.0 Å². The van der Waals surface area contributed by atoms with E-state index in [-0.39, 0.29) is 6.09 Å². The first-order chi connectivity index (χ1) is 10.3. The van der Waals surface area contributed by atoms with Gasteiger partial charge in [0.1, 0.15) is 5.60 Å². The Morgan fingerprint density at radius 3 is 2.68 bits per heavy atom. The van der Waals surface area contributed by atoms with Crippen molar-refractivity contribution in [2.24, 2.45) is 5.92 Å². The van der Waals surface area contributed by atoms with E-state index in [0.29, 0.717) is 12.0 Å². The number of ether oxygens (including phenoxy) is 1. The second kappa shape index (κ2) is 7.18. The van der Waals surface area contributed by atoms with Gasteiger partial charge in [0.2, 0.25) is 0 Å².